The second kappa shape index (κ2) is 8.38. The molecule has 2 aromatic heterocycles. The number of hydrogen-bond acceptors (Lipinski definition) is 5. The van der Waals surface area contributed by atoms with E-state index in [1.807, 2.05) is 30.1 Å². The lowest BCUT2D eigenvalue weighted by Gasteiger charge is -2.32. The summed E-state index contributed by atoms with van der Waals surface area (Å²) in [6.45, 7) is 4.05. The molecule has 31 heavy (non-hydrogen) atoms. The van der Waals surface area contributed by atoms with Crippen molar-refractivity contribution in [2.75, 3.05) is 23.3 Å². The molecule has 6 nitrogen and oxygen atoms in total. The van der Waals surface area contributed by atoms with E-state index >= 15 is 0 Å². The maximum absolute atomic E-state index is 4.93. The van der Waals surface area contributed by atoms with Gasteiger partial charge in [-0.25, -0.2) is 0 Å². The molecule has 4 aromatic rings. The molecule has 1 saturated heterocycles. The molecule has 3 heterocycles. The Bertz CT molecular complexity index is 1180. The van der Waals surface area contributed by atoms with E-state index in [1.54, 1.807) is 0 Å². The third kappa shape index (κ3) is 4.10. The largest absolute Gasteiger partial charge is 0.341 e. The summed E-state index contributed by atoms with van der Waals surface area (Å²) in [5, 5.41) is 8.88. The van der Waals surface area contributed by atoms with E-state index in [1.165, 1.54) is 11.1 Å². The van der Waals surface area contributed by atoms with E-state index in [0.717, 1.165) is 60.8 Å². The molecule has 0 radical (unpaired) electrons. The van der Waals surface area contributed by atoms with Crippen molar-refractivity contribution in [3.63, 3.8) is 0 Å². The monoisotopic (exact) mass is 412 g/mol. The topological polar surface area (TPSA) is 58.9 Å². The molecule has 0 aliphatic carbocycles. The van der Waals surface area contributed by atoms with E-state index in [9.17, 15) is 0 Å². The lowest BCUT2D eigenvalue weighted by atomic mass is 9.90. The first-order valence-corrected chi connectivity index (χ1v) is 11.0. The molecule has 5 rings (SSSR count). The van der Waals surface area contributed by atoms with Crippen LogP contribution in [0, 0.1) is 12.8 Å². The molecule has 0 saturated carbocycles. The van der Waals surface area contributed by atoms with Crippen LogP contribution in [0.2, 0.25) is 0 Å². The van der Waals surface area contributed by atoms with Crippen LogP contribution in [-0.2, 0) is 13.5 Å². The molecule has 0 atom stereocenters. The van der Waals surface area contributed by atoms with Crippen LogP contribution in [0.5, 0.6) is 0 Å². The summed E-state index contributed by atoms with van der Waals surface area (Å²) >= 11 is 0. The van der Waals surface area contributed by atoms with E-state index in [2.05, 4.69) is 64.7 Å². The molecule has 1 fully saturated rings. The lowest BCUT2D eigenvalue weighted by molar-refractivity contribution is 0.401. The predicted octanol–water partition coefficient (Wildman–Crippen LogP) is 4.87. The summed E-state index contributed by atoms with van der Waals surface area (Å²) in [6, 6.07) is 19.1. The molecular formula is C25H28N6. The van der Waals surface area contributed by atoms with Crippen molar-refractivity contribution < 1.29 is 0 Å². The average molecular weight is 413 g/mol. The minimum atomic E-state index is 0.712. The summed E-state index contributed by atoms with van der Waals surface area (Å²) in [7, 11) is 1.93. The third-order valence-electron chi connectivity index (χ3n) is 6.24. The van der Waals surface area contributed by atoms with Crippen molar-refractivity contribution >= 4 is 28.5 Å². The summed E-state index contributed by atoms with van der Waals surface area (Å²) in [4.78, 5) is 12.1. The van der Waals surface area contributed by atoms with Gasteiger partial charge in [0, 0.05) is 25.8 Å². The Morgan fingerprint density at radius 3 is 2.48 bits per heavy atom. The number of fused-ring (bicyclic) bond motifs is 1. The molecule has 0 spiro atoms. The minimum Gasteiger partial charge on any atom is -0.341 e. The van der Waals surface area contributed by atoms with E-state index in [4.69, 9.17) is 9.97 Å². The maximum atomic E-state index is 4.93. The number of nitrogens with one attached hydrogen (secondary N) is 1. The predicted molar refractivity (Wildman–Crippen MR) is 126 cm³/mol. The summed E-state index contributed by atoms with van der Waals surface area (Å²) < 4.78 is 1.83. The summed E-state index contributed by atoms with van der Waals surface area (Å²) in [5.41, 5.74) is 4.52. The molecular weight excluding hydrogens is 384 g/mol. The summed E-state index contributed by atoms with van der Waals surface area (Å²) in [6.07, 6.45) is 5.30. The quantitative estimate of drug-likeness (QED) is 0.507. The highest BCUT2D eigenvalue weighted by atomic mass is 15.3. The van der Waals surface area contributed by atoms with Gasteiger partial charge >= 0.3 is 0 Å². The van der Waals surface area contributed by atoms with Crippen molar-refractivity contribution in [2.24, 2.45) is 13.0 Å². The first-order valence-electron chi connectivity index (χ1n) is 11.0. The molecule has 2 aromatic carbocycles. The second-order valence-electron chi connectivity index (χ2n) is 8.44. The first-order chi connectivity index (χ1) is 15.2. The summed E-state index contributed by atoms with van der Waals surface area (Å²) in [5.74, 6) is 2.31. The zero-order valence-electron chi connectivity index (χ0n) is 18.1. The zero-order chi connectivity index (χ0) is 21.2. The fourth-order valence-corrected chi connectivity index (χ4v) is 4.37. The number of anilines is 3. The minimum absolute atomic E-state index is 0.712. The number of piperidine rings is 1. The van der Waals surface area contributed by atoms with Crippen LogP contribution < -0.4 is 10.2 Å². The Balaban J connectivity index is 1.38. The van der Waals surface area contributed by atoms with Gasteiger partial charge in [0.15, 0.2) is 5.65 Å². The number of aromatic nitrogens is 4. The van der Waals surface area contributed by atoms with E-state index in [-0.39, 0.29) is 0 Å². The van der Waals surface area contributed by atoms with Crippen LogP contribution in [0.15, 0.2) is 60.8 Å². The van der Waals surface area contributed by atoms with Gasteiger partial charge in [0.25, 0.3) is 0 Å². The van der Waals surface area contributed by atoms with Crippen molar-refractivity contribution in [2.45, 2.75) is 26.2 Å². The van der Waals surface area contributed by atoms with Crippen molar-refractivity contribution in [1.82, 2.24) is 19.7 Å². The molecule has 158 valence electrons. The Kier molecular flexibility index (Phi) is 5.28. The highest BCUT2D eigenvalue weighted by molar-refractivity contribution is 5.89. The third-order valence-corrected chi connectivity index (χ3v) is 6.24. The number of aryl methyl sites for hydroxylation is 2. The van der Waals surface area contributed by atoms with Crippen molar-refractivity contribution in [1.29, 1.82) is 0 Å². The highest BCUT2D eigenvalue weighted by Gasteiger charge is 2.23. The van der Waals surface area contributed by atoms with E-state index in [0.29, 0.717) is 5.92 Å². The molecule has 1 N–H and O–H groups in total. The fraction of sp³-hybridized carbons (Fsp3) is 0.320. The Hall–Kier alpha value is -3.41. The van der Waals surface area contributed by atoms with Gasteiger partial charge in [-0.05, 0) is 49.3 Å². The van der Waals surface area contributed by atoms with Gasteiger partial charge in [-0.1, -0.05) is 48.5 Å². The van der Waals surface area contributed by atoms with Crippen LogP contribution in [0.3, 0.4) is 0 Å². The lowest BCUT2D eigenvalue weighted by Crippen LogP contribution is -2.35. The van der Waals surface area contributed by atoms with Gasteiger partial charge in [-0.15, -0.1) is 0 Å². The fourth-order valence-electron chi connectivity index (χ4n) is 4.37. The standard InChI is InChI=1S/C25H28N6/c1-18-8-6-7-11-22(18)27-23-21-17-26-30(2)24(21)29-25(28-23)31-14-12-20(13-15-31)16-19-9-4-3-5-10-19/h3-11,17,20H,12-16H2,1-2H3,(H,27,28,29). The highest BCUT2D eigenvalue weighted by Crippen LogP contribution is 2.29. The number of hydrogen-bond donors (Lipinski definition) is 1. The van der Waals surface area contributed by atoms with Gasteiger partial charge in [0.1, 0.15) is 5.82 Å². The molecule has 0 unspecified atom stereocenters. The molecule has 6 heteroatoms. The van der Waals surface area contributed by atoms with Crippen LogP contribution in [0.25, 0.3) is 11.0 Å². The van der Waals surface area contributed by atoms with Crippen LogP contribution in [0.1, 0.15) is 24.0 Å². The Labute approximate surface area is 182 Å². The molecule has 0 amide bonds. The van der Waals surface area contributed by atoms with Crippen LogP contribution >= 0.6 is 0 Å². The second-order valence-corrected chi connectivity index (χ2v) is 8.44. The van der Waals surface area contributed by atoms with Gasteiger partial charge in [0.05, 0.1) is 11.6 Å². The number of nitrogens with zero attached hydrogens (tertiary/aromatic N) is 5. The normalized spacial score (nSPS) is 14.8. The maximum Gasteiger partial charge on any atom is 0.229 e. The Morgan fingerprint density at radius 1 is 0.968 bits per heavy atom. The molecule has 1 aliphatic rings. The van der Waals surface area contributed by atoms with Gasteiger partial charge in [-0.2, -0.15) is 15.1 Å². The van der Waals surface area contributed by atoms with Gasteiger partial charge in [0.2, 0.25) is 5.95 Å². The SMILES string of the molecule is Cc1ccccc1Nc1nc(N2CCC(Cc3ccccc3)CC2)nc2c1cnn2C. The van der Waals surface area contributed by atoms with Crippen molar-refractivity contribution in [3.8, 4) is 0 Å². The number of para-hydroxylation sites is 1. The number of benzene rings is 2. The van der Waals surface area contributed by atoms with Gasteiger partial charge < -0.3 is 10.2 Å². The first kappa shape index (κ1) is 19.5. The van der Waals surface area contributed by atoms with Crippen LogP contribution in [-0.4, -0.2) is 32.8 Å². The number of rotatable bonds is 5. The average Bonchev–Trinajstić information content (AvgIpc) is 3.17. The van der Waals surface area contributed by atoms with Gasteiger partial charge in [-0.3, -0.25) is 4.68 Å². The smallest absolute Gasteiger partial charge is 0.229 e. The molecule has 0 bridgehead atoms. The molecule has 1 aliphatic heterocycles. The zero-order valence-corrected chi connectivity index (χ0v) is 18.1. The van der Waals surface area contributed by atoms with E-state index < -0.39 is 0 Å². The van der Waals surface area contributed by atoms with Crippen molar-refractivity contribution in [3.05, 3.63) is 71.9 Å². The Morgan fingerprint density at radius 2 is 1.71 bits per heavy atom. The van der Waals surface area contributed by atoms with Crippen LogP contribution in [0.4, 0.5) is 17.5 Å².